The summed E-state index contributed by atoms with van der Waals surface area (Å²) in [5.74, 6) is 0.574. The molecule has 4 rings (SSSR count). The van der Waals surface area contributed by atoms with Gasteiger partial charge in [0, 0.05) is 30.0 Å². The monoisotopic (exact) mass is 366 g/mol. The summed E-state index contributed by atoms with van der Waals surface area (Å²) in [7, 11) is 1.66. The minimum absolute atomic E-state index is 0.0115. The van der Waals surface area contributed by atoms with Gasteiger partial charge in [0.1, 0.15) is 11.6 Å². The predicted octanol–water partition coefficient (Wildman–Crippen LogP) is 4.26. The number of halogens is 1. The average molecular weight is 366 g/mol. The number of hydrogen-bond donors (Lipinski definition) is 1. The van der Waals surface area contributed by atoms with Crippen LogP contribution in [0, 0.1) is 12.7 Å². The van der Waals surface area contributed by atoms with Gasteiger partial charge in [0.05, 0.1) is 25.5 Å². The van der Waals surface area contributed by atoms with Crippen molar-refractivity contribution in [3.8, 4) is 22.7 Å². The Morgan fingerprint density at radius 2 is 1.85 bits per heavy atom. The second-order valence-electron chi connectivity index (χ2n) is 6.67. The number of morpholine rings is 1. The first kappa shape index (κ1) is 17.8. The van der Waals surface area contributed by atoms with Crippen LogP contribution in [-0.2, 0) is 4.74 Å². The molecular weight excluding hydrogens is 343 g/mol. The van der Waals surface area contributed by atoms with Crippen molar-refractivity contribution in [2.75, 3.05) is 26.8 Å². The van der Waals surface area contributed by atoms with Gasteiger partial charge in [-0.25, -0.2) is 4.39 Å². The van der Waals surface area contributed by atoms with Crippen molar-refractivity contribution in [1.82, 2.24) is 9.88 Å². The Morgan fingerprint density at radius 3 is 2.48 bits per heavy atom. The van der Waals surface area contributed by atoms with Crippen LogP contribution in [0.25, 0.3) is 16.9 Å². The summed E-state index contributed by atoms with van der Waals surface area (Å²) < 4.78 is 26.9. The Bertz CT molecular complexity index is 911. The third-order valence-electron chi connectivity index (χ3n) is 5.03. The van der Waals surface area contributed by atoms with Gasteiger partial charge in [-0.3, -0.25) is 0 Å². The van der Waals surface area contributed by atoms with E-state index in [2.05, 4.69) is 22.9 Å². The van der Waals surface area contributed by atoms with Gasteiger partial charge < -0.3 is 19.4 Å². The van der Waals surface area contributed by atoms with E-state index in [1.54, 1.807) is 19.2 Å². The molecule has 3 aromatic rings. The van der Waals surface area contributed by atoms with E-state index in [-0.39, 0.29) is 11.9 Å². The molecule has 0 amide bonds. The van der Waals surface area contributed by atoms with Gasteiger partial charge in [0.2, 0.25) is 0 Å². The molecule has 1 unspecified atom stereocenters. The molecule has 0 aliphatic carbocycles. The van der Waals surface area contributed by atoms with Gasteiger partial charge >= 0.3 is 0 Å². The lowest BCUT2D eigenvalue weighted by atomic mass is 10.1. The summed E-state index contributed by atoms with van der Waals surface area (Å²) >= 11 is 0. The van der Waals surface area contributed by atoms with Gasteiger partial charge in [0.25, 0.3) is 0 Å². The summed E-state index contributed by atoms with van der Waals surface area (Å²) in [6, 6.07) is 16.7. The molecule has 1 saturated heterocycles. The second kappa shape index (κ2) is 7.55. The van der Waals surface area contributed by atoms with E-state index in [1.807, 2.05) is 24.3 Å². The first-order chi connectivity index (χ1) is 13.2. The van der Waals surface area contributed by atoms with Crippen molar-refractivity contribution < 1.29 is 13.9 Å². The molecule has 1 aliphatic heterocycles. The van der Waals surface area contributed by atoms with Crippen molar-refractivity contribution in [3.05, 3.63) is 71.7 Å². The predicted molar refractivity (Wildman–Crippen MR) is 104 cm³/mol. The zero-order chi connectivity index (χ0) is 18.8. The largest absolute Gasteiger partial charge is 0.497 e. The molecule has 0 radical (unpaired) electrons. The normalized spacial score (nSPS) is 17.1. The fourth-order valence-corrected chi connectivity index (χ4v) is 3.61. The fraction of sp³-hybridized carbons (Fsp3) is 0.273. The van der Waals surface area contributed by atoms with E-state index < -0.39 is 0 Å². The standard InChI is InChI=1S/C22H23FN2O2/c1-15-20(22-14-24-11-12-27-22)13-21(16-3-9-19(26-2)10-4-16)25(15)18-7-5-17(23)6-8-18/h3-10,13,22,24H,11-12,14H2,1-2H3. The first-order valence-electron chi connectivity index (χ1n) is 9.12. The molecule has 1 aromatic heterocycles. The van der Waals surface area contributed by atoms with Crippen LogP contribution in [0.3, 0.4) is 0 Å². The van der Waals surface area contributed by atoms with E-state index in [1.165, 1.54) is 12.1 Å². The molecule has 1 aliphatic rings. The van der Waals surface area contributed by atoms with Crippen LogP contribution in [0.4, 0.5) is 4.39 Å². The minimum Gasteiger partial charge on any atom is -0.497 e. The number of nitrogens with zero attached hydrogens (tertiary/aromatic N) is 1. The van der Waals surface area contributed by atoms with Crippen LogP contribution in [0.2, 0.25) is 0 Å². The fourth-order valence-electron chi connectivity index (χ4n) is 3.61. The topological polar surface area (TPSA) is 35.4 Å². The molecule has 27 heavy (non-hydrogen) atoms. The van der Waals surface area contributed by atoms with Crippen molar-refractivity contribution in [2.24, 2.45) is 0 Å². The molecule has 2 heterocycles. The molecule has 0 spiro atoms. The Kier molecular flexibility index (Phi) is 4.97. The third kappa shape index (κ3) is 3.48. The number of rotatable bonds is 4. The Morgan fingerprint density at radius 1 is 1.11 bits per heavy atom. The third-order valence-corrected chi connectivity index (χ3v) is 5.03. The summed E-state index contributed by atoms with van der Waals surface area (Å²) in [5, 5.41) is 3.39. The molecule has 0 saturated carbocycles. The van der Waals surface area contributed by atoms with Crippen molar-refractivity contribution in [2.45, 2.75) is 13.0 Å². The van der Waals surface area contributed by atoms with Crippen LogP contribution in [0.15, 0.2) is 54.6 Å². The number of aromatic nitrogens is 1. The molecule has 140 valence electrons. The quantitative estimate of drug-likeness (QED) is 0.749. The van der Waals surface area contributed by atoms with E-state index in [9.17, 15) is 4.39 Å². The Balaban J connectivity index is 1.85. The molecular formula is C22H23FN2O2. The maximum Gasteiger partial charge on any atom is 0.123 e. The van der Waals surface area contributed by atoms with Crippen LogP contribution >= 0.6 is 0 Å². The molecule has 1 N–H and O–H groups in total. The first-order valence-corrected chi connectivity index (χ1v) is 9.12. The van der Waals surface area contributed by atoms with Gasteiger partial charge in [-0.15, -0.1) is 0 Å². The van der Waals surface area contributed by atoms with Crippen LogP contribution < -0.4 is 10.1 Å². The van der Waals surface area contributed by atoms with E-state index >= 15 is 0 Å². The van der Waals surface area contributed by atoms with E-state index in [4.69, 9.17) is 9.47 Å². The highest BCUT2D eigenvalue weighted by molar-refractivity contribution is 5.67. The summed E-state index contributed by atoms with van der Waals surface area (Å²) in [6.45, 7) is 4.45. The molecule has 1 fully saturated rings. The molecule has 5 heteroatoms. The molecule has 4 nitrogen and oxygen atoms in total. The Hall–Kier alpha value is -2.63. The van der Waals surface area contributed by atoms with Crippen LogP contribution in [-0.4, -0.2) is 31.4 Å². The maximum absolute atomic E-state index is 13.5. The lowest BCUT2D eigenvalue weighted by Crippen LogP contribution is -2.33. The number of ether oxygens (including phenoxy) is 2. The van der Waals surface area contributed by atoms with Crippen LogP contribution in [0.1, 0.15) is 17.4 Å². The molecule has 2 aromatic carbocycles. The highest BCUT2D eigenvalue weighted by atomic mass is 19.1. The van der Waals surface area contributed by atoms with Crippen LogP contribution in [0.5, 0.6) is 5.75 Å². The minimum atomic E-state index is -0.241. The number of nitrogens with one attached hydrogen (secondary N) is 1. The van der Waals surface area contributed by atoms with Gasteiger partial charge in [-0.1, -0.05) is 0 Å². The lowest BCUT2D eigenvalue weighted by Gasteiger charge is -2.24. The SMILES string of the molecule is COc1ccc(-c2cc(C3CNCCO3)c(C)n2-c2ccc(F)cc2)cc1. The highest BCUT2D eigenvalue weighted by Crippen LogP contribution is 2.34. The van der Waals surface area contributed by atoms with Gasteiger partial charge in [0.15, 0.2) is 0 Å². The lowest BCUT2D eigenvalue weighted by molar-refractivity contribution is 0.0273. The van der Waals surface area contributed by atoms with E-state index in [0.29, 0.717) is 6.61 Å². The molecule has 1 atom stereocenters. The highest BCUT2D eigenvalue weighted by Gasteiger charge is 2.23. The van der Waals surface area contributed by atoms with Gasteiger partial charge in [-0.05, 0) is 67.1 Å². The smallest absolute Gasteiger partial charge is 0.123 e. The number of hydrogen-bond acceptors (Lipinski definition) is 3. The summed E-state index contributed by atoms with van der Waals surface area (Å²) in [5.41, 5.74) is 5.29. The van der Waals surface area contributed by atoms with Crippen molar-refractivity contribution >= 4 is 0 Å². The second-order valence-corrected chi connectivity index (χ2v) is 6.67. The number of benzene rings is 2. The number of methoxy groups -OCH3 is 1. The Labute approximate surface area is 158 Å². The zero-order valence-corrected chi connectivity index (χ0v) is 15.5. The average Bonchev–Trinajstić information content (AvgIpc) is 3.06. The molecule has 0 bridgehead atoms. The maximum atomic E-state index is 13.5. The zero-order valence-electron chi connectivity index (χ0n) is 15.5. The van der Waals surface area contributed by atoms with Gasteiger partial charge in [-0.2, -0.15) is 0 Å². The van der Waals surface area contributed by atoms with E-state index in [0.717, 1.165) is 47.0 Å². The summed E-state index contributed by atoms with van der Waals surface area (Å²) in [6.07, 6.45) is 0.0115. The summed E-state index contributed by atoms with van der Waals surface area (Å²) in [4.78, 5) is 0. The van der Waals surface area contributed by atoms with Crippen molar-refractivity contribution in [3.63, 3.8) is 0 Å². The van der Waals surface area contributed by atoms with Crippen molar-refractivity contribution in [1.29, 1.82) is 0 Å².